The number of rotatable bonds is 2. The van der Waals surface area contributed by atoms with Crippen molar-refractivity contribution in [2.45, 2.75) is 0 Å². The molecule has 0 saturated carbocycles. The van der Waals surface area contributed by atoms with E-state index >= 15 is 0 Å². The number of halogens is 2. The summed E-state index contributed by atoms with van der Waals surface area (Å²) in [7, 11) is 0. The van der Waals surface area contributed by atoms with Crippen molar-refractivity contribution in [2.24, 2.45) is 0 Å². The van der Waals surface area contributed by atoms with E-state index in [0.717, 1.165) is 23.9 Å². The molecule has 22 heavy (non-hydrogen) atoms. The average molecular weight is 334 g/mol. The molecule has 0 radical (unpaired) electrons. The Morgan fingerprint density at radius 3 is 2.77 bits per heavy atom. The first-order valence-corrected chi connectivity index (χ1v) is 7.42. The lowest BCUT2D eigenvalue weighted by atomic mass is 10.2. The fraction of sp³-hybridized carbons (Fsp3) is 0. The van der Waals surface area contributed by atoms with Gasteiger partial charge in [-0.05, 0) is 30.3 Å². The van der Waals surface area contributed by atoms with Crippen LogP contribution in [0.25, 0.3) is 6.08 Å². The highest BCUT2D eigenvalue weighted by Gasteiger charge is 2.33. The molecule has 1 amide bonds. The van der Waals surface area contributed by atoms with Crippen LogP contribution in [0.5, 0.6) is 0 Å². The average Bonchev–Trinajstić information content (AvgIpc) is 2.77. The van der Waals surface area contributed by atoms with Gasteiger partial charge in [0.1, 0.15) is 11.6 Å². The number of nitrogens with zero attached hydrogens (tertiary/aromatic N) is 2. The molecule has 1 saturated heterocycles. The summed E-state index contributed by atoms with van der Waals surface area (Å²) in [5, 5.41) is 0. The molecule has 7 heteroatoms. The normalized spacial score (nSPS) is 16.6. The van der Waals surface area contributed by atoms with Gasteiger partial charge in [0.25, 0.3) is 5.91 Å². The lowest BCUT2D eigenvalue weighted by molar-refractivity contribution is -0.113. The number of hydrogen-bond donors (Lipinski definition) is 0. The highest BCUT2D eigenvalue weighted by atomic mass is 32.2. The summed E-state index contributed by atoms with van der Waals surface area (Å²) < 4.78 is 26.9. The standard InChI is InChI=1S/C15H8F2N2OS2/c16-10-4-3-9(12(17)7-10)6-13-14(20)19(15(21)22-13)11-2-1-5-18-8-11/h1-8H/b13-6-. The number of anilines is 1. The van der Waals surface area contributed by atoms with E-state index in [9.17, 15) is 13.6 Å². The monoisotopic (exact) mass is 334 g/mol. The molecule has 0 bridgehead atoms. The Morgan fingerprint density at radius 2 is 2.09 bits per heavy atom. The van der Waals surface area contributed by atoms with Crippen molar-refractivity contribution >= 4 is 46.0 Å². The van der Waals surface area contributed by atoms with E-state index in [-0.39, 0.29) is 16.4 Å². The van der Waals surface area contributed by atoms with Crippen molar-refractivity contribution in [3.05, 3.63) is 64.8 Å². The zero-order valence-corrected chi connectivity index (χ0v) is 12.6. The fourth-order valence-electron chi connectivity index (χ4n) is 1.94. The molecule has 0 aliphatic carbocycles. The van der Waals surface area contributed by atoms with E-state index in [1.54, 1.807) is 18.3 Å². The van der Waals surface area contributed by atoms with Gasteiger partial charge in [-0.3, -0.25) is 14.7 Å². The Labute approximate surface area is 134 Å². The SMILES string of the molecule is O=C1/C(=C/c2ccc(F)cc2F)SC(=S)N1c1cccnc1. The highest BCUT2D eigenvalue weighted by Crippen LogP contribution is 2.35. The molecule has 3 rings (SSSR count). The summed E-state index contributed by atoms with van der Waals surface area (Å²) in [5.41, 5.74) is 0.682. The number of benzene rings is 1. The Balaban J connectivity index is 1.96. The summed E-state index contributed by atoms with van der Waals surface area (Å²) in [6.45, 7) is 0. The summed E-state index contributed by atoms with van der Waals surface area (Å²) in [4.78, 5) is 18.0. The molecule has 0 N–H and O–H groups in total. The molecule has 1 aliphatic heterocycles. The summed E-state index contributed by atoms with van der Waals surface area (Å²) >= 11 is 6.26. The molecular weight excluding hydrogens is 326 g/mol. The van der Waals surface area contributed by atoms with Gasteiger partial charge in [0.05, 0.1) is 16.8 Å². The van der Waals surface area contributed by atoms with Gasteiger partial charge >= 0.3 is 0 Å². The number of thioether (sulfide) groups is 1. The Kier molecular flexibility index (Phi) is 4.00. The number of pyridine rings is 1. The van der Waals surface area contributed by atoms with E-state index in [2.05, 4.69) is 4.98 Å². The van der Waals surface area contributed by atoms with Crippen molar-refractivity contribution in [1.82, 2.24) is 4.98 Å². The van der Waals surface area contributed by atoms with Gasteiger partial charge in [-0.25, -0.2) is 8.78 Å². The van der Waals surface area contributed by atoms with Crippen LogP contribution >= 0.6 is 24.0 Å². The van der Waals surface area contributed by atoms with E-state index in [1.165, 1.54) is 23.2 Å². The number of amides is 1. The Morgan fingerprint density at radius 1 is 1.27 bits per heavy atom. The second-order valence-electron chi connectivity index (χ2n) is 4.39. The number of hydrogen-bond acceptors (Lipinski definition) is 4. The summed E-state index contributed by atoms with van der Waals surface area (Å²) in [5.74, 6) is -1.75. The third-order valence-corrected chi connectivity index (χ3v) is 4.25. The summed E-state index contributed by atoms with van der Waals surface area (Å²) in [6, 6.07) is 6.59. The molecule has 0 atom stereocenters. The molecule has 1 aromatic carbocycles. The molecule has 0 unspecified atom stereocenters. The third kappa shape index (κ3) is 2.77. The second kappa shape index (κ2) is 5.94. The van der Waals surface area contributed by atoms with Crippen molar-refractivity contribution < 1.29 is 13.6 Å². The molecule has 0 spiro atoms. The van der Waals surface area contributed by atoms with Crippen molar-refractivity contribution in [2.75, 3.05) is 4.90 Å². The minimum atomic E-state index is -0.730. The minimum Gasteiger partial charge on any atom is -0.268 e. The number of thiocarbonyl (C=S) groups is 1. The first kappa shape index (κ1) is 14.8. The minimum absolute atomic E-state index is 0.132. The van der Waals surface area contributed by atoms with E-state index in [1.807, 2.05) is 0 Å². The van der Waals surface area contributed by atoms with Crippen LogP contribution in [0, 0.1) is 11.6 Å². The third-order valence-electron chi connectivity index (χ3n) is 2.95. The van der Waals surface area contributed by atoms with Gasteiger partial charge in [0.2, 0.25) is 0 Å². The molecule has 1 fully saturated rings. The Hall–Kier alpha value is -2.12. The maximum atomic E-state index is 13.7. The van der Waals surface area contributed by atoms with E-state index < -0.39 is 11.6 Å². The number of carbonyl (C=O) groups is 1. The molecule has 2 heterocycles. The van der Waals surface area contributed by atoms with Crippen LogP contribution in [0.15, 0.2) is 47.6 Å². The predicted octanol–water partition coefficient (Wildman–Crippen LogP) is 3.77. The molecule has 110 valence electrons. The zero-order valence-electron chi connectivity index (χ0n) is 11.0. The second-order valence-corrected chi connectivity index (χ2v) is 6.07. The van der Waals surface area contributed by atoms with Crippen LogP contribution in [0.1, 0.15) is 5.56 Å². The van der Waals surface area contributed by atoms with Crippen LogP contribution in [-0.4, -0.2) is 15.2 Å². The zero-order chi connectivity index (χ0) is 15.7. The van der Waals surface area contributed by atoms with Gasteiger partial charge in [0, 0.05) is 17.8 Å². The first-order chi connectivity index (χ1) is 10.6. The van der Waals surface area contributed by atoms with Crippen LogP contribution in [-0.2, 0) is 4.79 Å². The van der Waals surface area contributed by atoms with Crippen LogP contribution in [0.4, 0.5) is 14.5 Å². The molecule has 2 aromatic rings. The fourth-order valence-corrected chi connectivity index (χ4v) is 3.23. The van der Waals surface area contributed by atoms with Crippen molar-refractivity contribution in [3.8, 4) is 0 Å². The molecule has 1 aromatic heterocycles. The lowest BCUT2D eigenvalue weighted by Crippen LogP contribution is -2.27. The van der Waals surface area contributed by atoms with E-state index in [4.69, 9.17) is 12.2 Å². The van der Waals surface area contributed by atoms with Gasteiger partial charge in [-0.2, -0.15) is 0 Å². The number of carbonyl (C=O) groups excluding carboxylic acids is 1. The van der Waals surface area contributed by atoms with Gasteiger partial charge in [0.15, 0.2) is 4.32 Å². The van der Waals surface area contributed by atoms with Gasteiger partial charge in [-0.15, -0.1) is 0 Å². The topological polar surface area (TPSA) is 33.2 Å². The van der Waals surface area contributed by atoms with Gasteiger partial charge in [-0.1, -0.05) is 24.0 Å². The van der Waals surface area contributed by atoms with Crippen LogP contribution in [0.2, 0.25) is 0 Å². The predicted molar refractivity (Wildman–Crippen MR) is 86.2 cm³/mol. The van der Waals surface area contributed by atoms with Crippen molar-refractivity contribution in [3.63, 3.8) is 0 Å². The molecule has 1 aliphatic rings. The largest absolute Gasteiger partial charge is 0.270 e. The van der Waals surface area contributed by atoms with Gasteiger partial charge < -0.3 is 0 Å². The van der Waals surface area contributed by atoms with Crippen LogP contribution in [0.3, 0.4) is 0 Å². The Bertz CT molecular complexity index is 793. The molecule has 3 nitrogen and oxygen atoms in total. The lowest BCUT2D eigenvalue weighted by Gasteiger charge is -2.13. The number of aromatic nitrogens is 1. The van der Waals surface area contributed by atoms with Crippen molar-refractivity contribution in [1.29, 1.82) is 0 Å². The highest BCUT2D eigenvalue weighted by molar-refractivity contribution is 8.27. The maximum absolute atomic E-state index is 13.7. The smallest absolute Gasteiger partial charge is 0.268 e. The van der Waals surface area contributed by atoms with Crippen LogP contribution < -0.4 is 4.90 Å². The quantitative estimate of drug-likeness (QED) is 0.618. The molecular formula is C15H8F2N2OS2. The summed E-state index contributed by atoms with van der Waals surface area (Å²) in [6.07, 6.45) is 4.47. The van der Waals surface area contributed by atoms with E-state index in [0.29, 0.717) is 10.0 Å². The first-order valence-electron chi connectivity index (χ1n) is 6.19. The maximum Gasteiger partial charge on any atom is 0.270 e.